The molecule has 0 bridgehead atoms. The van der Waals surface area contributed by atoms with Gasteiger partial charge in [0.1, 0.15) is 5.82 Å². The van der Waals surface area contributed by atoms with Crippen LogP contribution in [0.25, 0.3) is 17.0 Å². The van der Waals surface area contributed by atoms with Gasteiger partial charge in [0.2, 0.25) is 11.9 Å². The van der Waals surface area contributed by atoms with Crippen LogP contribution in [0.3, 0.4) is 0 Å². The number of ether oxygens (including phenoxy) is 1. The third-order valence-electron chi connectivity index (χ3n) is 5.41. The van der Waals surface area contributed by atoms with Crippen molar-refractivity contribution < 1.29 is 14.3 Å². The molecule has 0 unspecified atom stereocenters. The third-order valence-corrected chi connectivity index (χ3v) is 5.41. The van der Waals surface area contributed by atoms with Gasteiger partial charge in [-0.05, 0) is 36.8 Å². The molecular formula is C22H19N5O3. The lowest BCUT2D eigenvalue weighted by Crippen LogP contribution is -2.25. The standard InChI is InChI=1S/C22H19N5O3/c1-12-19-15(13-7-9-14(10-8-13)21(29)30-2)11-18(28)25-20(19)27(26-12)22-23-16-5-3-4-6-17(16)24-22/h3-10,15H,11H2,1-2H3,(H,23,24)(H,25,28)/t15-/m1/s1. The fourth-order valence-electron chi connectivity index (χ4n) is 3.99. The molecule has 0 saturated heterocycles. The van der Waals surface area contributed by atoms with E-state index in [0.717, 1.165) is 27.9 Å². The molecule has 1 aliphatic rings. The molecular weight excluding hydrogens is 382 g/mol. The summed E-state index contributed by atoms with van der Waals surface area (Å²) >= 11 is 0. The second-order valence-corrected chi connectivity index (χ2v) is 7.26. The van der Waals surface area contributed by atoms with Crippen LogP contribution in [0.15, 0.2) is 48.5 Å². The number of aromatic nitrogens is 4. The average molecular weight is 401 g/mol. The second-order valence-electron chi connectivity index (χ2n) is 7.26. The highest BCUT2D eigenvalue weighted by Crippen LogP contribution is 2.40. The van der Waals surface area contributed by atoms with Crippen LogP contribution in [-0.2, 0) is 9.53 Å². The number of rotatable bonds is 3. The van der Waals surface area contributed by atoms with Crippen LogP contribution in [0, 0.1) is 6.92 Å². The predicted octanol–water partition coefficient (Wildman–Crippen LogP) is 3.32. The number of hydrogen-bond acceptors (Lipinski definition) is 5. The van der Waals surface area contributed by atoms with E-state index in [1.54, 1.807) is 16.8 Å². The Bertz CT molecular complexity index is 1250. The van der Waals surface area contributed by atoms with Crippen LogP contribution in [0.1, 0.15) is 39.5 Å². The molecule has 0 spiro atoms. The summed E-state index contributed by atoms with van der Waals surface area (Å²) in [4.78, 5) is 32.1. The highest BCUT2D eigenvalue weighted by molar-refractivity contribution is 5.95. The van der Waals surface area contributed by atoms with Crippen molar-refractivity contribution >= 4 is 28.7 Å². The van der Waals surface area contributed by atoms with Crippen molar-refractivity contribution in [2.75, 3.05) is 12.4 Å². The number of aryl methyl sites for hydroxylation is 1. The molecule has 0 fully saturated rings. The summed E-state index contributed by atoms with van der Waals surface area (Å²) < 4.78 is 6.41. The number of imidazole rings is 1. The SMILES string of the molecule is COC(=O)c1ccc([C@H]2CC(=O)Nc3c2c(C)nn3-c2nc3ccccc3[nH]2)cc1. The van der Waals surface area contributed by atoms with E-state index in [-0.39, 0.29) is 11.8 Å². The van der Waals surface area contributed by atoms with Gasteiger partial charge >= 0.3 is 5.97 Å². The fourth-order valence-corrected chi connectivity index (χ4v) is 3.99. The summed E-state index contributed by atoms with van der Waals surface area (Å²) in [5.41, 5.74) is 4.88. The number of aromatic amines is 1. The summed E-state index contributed by atoms with van der Waals surface area (Å²) in [6.07, 6.45) is 0.303. The number of esters is 1. The zero-order valence-electron chi connectivity index (χ0n) is 16.5. The van der Waals surface area contributed by atoms with Crippen molar-refractivity contribution in [2.45, 2.75) is 19.3 Å². The van der Waals surface area contributed by atoms with Crippen molar-refractivity contribution in [1.82, 2.24) is 19.7 Å². The van der Waals surface area contributed by atoms with Crippen molar-refractivity contribution in [2.24, 2.45) is 0 Å². The number of carbonyl (C=O) groups excluding carboxylic acids is 2. The Balaban J connectivity index is 1.60. The molecule has 150 valence electrons. The number of para-hydroxylation sites is 2. The van der Waals surface area contributed by atoms with Crippen LogP contribution in [0.2, 0.25) is 0 Å². The van der Waals surface area contributed by atoms with Crippen molar-refractivity contribution in [3.05, 3.63) is 70.9 Å². The van der Waals surface area contributed by atoms with E-state index >= 15 is 0 Å². The molecule has 1 aliphatic heterocycles. The molecule has 4 aromatic rings. The lowest BCUT2D eigenvalue weighted by atomic mass is 9.85. The molecule has 1 atom stereocenters. The van der Waals surface area contributed by atoms with Crippen LogP contribution in [0.4, 0.5) is 5.82 Å². The van der Waals surface area contributed by atoms with Gasteiger partial charge in [0.25, 0.3) is 0 Å². The van der Waals surface area contributed by atoms with E-state index in [1.807, 2.05) is 43.3 Å². The first-order valence-corrected chi connectivity index (χ1v) is 9.58. The first kappa shape index (κ1) is 18.1. The zero-order chi connectivity index (χ0) is 20.8. The van der Waals surface area contributed by atoms with E-state index in [2.05, 4.69) is 20.4 Å². The summed E-state index contributed by atoms with van der Waals surface area (Å²) in [7, 11) is 1.35. The number of benzene rings is 2. The monoisotopic (exact) mass is 401 g/mol. The molecule has 8 heteroatoms. The minimum atomic E-state index is -0.391. The van der Waals surface area contributed by atoms with Crippen LogP contribution in [0.5, 0.6) is 0 Å². The Labute approximate surface area is 171 Å². The second kappa shape index (κ2) is 6.84. The van der Waals surface area contributed by atoms with E-state index in [1.165, 1.54) is 7.11 Å². The van der Waals surface area contributed by atoms with E-state index in [0.29, 0.717) is 23.8 Å². The number of anilines is 1. The number of H-pyrrole nitrogens is 1. The number of nitrogens with one attached hydrogen (secondary N) is 2. The van der Waals surface area contributed by atoms with Gasteiger partial charge in [0, 0.05) is 17.9 Å². The van der Waals surface area contributed by atoms with Gasteiger partial charge in [0.05, 0.1) is 29.4 Å². The summed E-state index contributed by atoms with van der Waals surface area (Å²) in [5, 5.41) is 7.62. The predicted molar refractivity (Wildman–Crippen MR) is 111 cm³/mol. The summed E-state index contributed by atoms with van der Waals surface area (Å²) in [6, 6.07) is 14.9. The van der Waals surface area contributed by atoms with Gasteiger partial charge in [-0.25, -0.2) is 9.78 Å². The van der Waals surface area contributed by atoms with Gasteiger partial charge in [-0.2, -0.15) is 9.78 Å². The van der Waals surface area contributed by atoms with E-state index in [9.17, 15) is 9.59 Å². The molecule has 1 amide bonds. The smallest absolute Gasteiger partial charge is 0.337 e. The van der Waals surface area contributed by atoms with Gasteiger partial charge in [0.15, 0.2) is 0 Å². The molecule has 0 radical (unpaired) electrons. The zero-order valence-corrected chi connectivity index (χ0v) is 16.5. The van der Waals surface area contributed by atoms with Crippen molar-refractivity contribution in [3.8, 4) is 5.95 Å². The number of hydrogen-bond donors (Lipinski definition) is 2. The Morgan fingerprint density at radius 2 is 1.93 bits per heavy atom. The Morgan fingerprint density at radius 1 is 1.17 bits per heavy atom. The lowest BCUT2D eigenvalue weighted by molar-refractivity contribution is -0.116. The quantitative estimate of drug-likeness (QED) is 0.513. The Morgan fingerprint density at radius 3 is 2.67 bits per heavy atom. The molecule has 0 aliphatic carbocycles. The maximum Gasteiger partial charge on any atom is 0.337 e. The maximum atomic E-state index is 12.5. The van der Waals surface area contributed by atoms with Gasteiger partial charge in [-0.3, -0.25) is 4.79 Å². The first-order valence-electron chi connectivity index (χ1n) is 9.58. The highest BCUT2D eigenvalue weighted by Gasteiger charge is 2.33. The third kappa shape index (κ3) is 2.85. The Hall–Kier alpha value is -3.94. The molecule has 8 nitrogen and oxygen atoms in total. The van der Waals surface area contributed by atoms with Gasteiger partial charge < -0.3 is 15.0 Å². The average Bonchev–Trinajstić information content (AvgIpc) is 3.33. The van der Waals surface area contributed by atoms with Gasteiger partial charge in [-0.15, -0.1) is 0 Å². The van der Waals surface area contributed by atoms with Crippen molar-refractivity contribution in [1.29, 1.82) is 0 Å². The number of nitrogens with zero attached hydrogens (tertiary/aromatic N) is 3. The number of amides is 1. The normalized spacial score (nSPS) is 15.7. The topological polar surface area (TPSA) is 102 Å². The van der Waals surface area contributed by atoms with E-state index in [4.69, 9.17) is 4.74 Å². The number of fused-ring (bicyclic) bond motifs is 2. The first-order chi connectivity index (χ1) is 14.5. The molecule has 30 heavy (non-hydrogen) atoms. The fraction of sp³-hybridized carbons (Fsp3) is 0.182. The van der Waals surface area contributed by atoms with Crippen molar-refractivity contribution in [3.63, 3.8) is 0 Å². The molecule has 0 saturated carbocycles. The molecule has 5 rings (SSSR count). The maximum absolute atomic E-state index is 12.5. The summed E-state index contributed by atoms with van der Waals surface area (Å²) in [6.45, 7) is 1.92. The minimum absolute atomic E-state index is 0.0956. The molecule has 3 heterocycles. The largest absolute Gasteiger partial charge is 0.465 e. The number of methoxy groups -OCH3 is 1. The van der Waals surface area contributed by atoms with E-state index < -0.39 is 5.97 Å². The molecule has 2 aromatic heterocycles. The number of carbonyl (C=O) groups is 2. The molecule has 2 aromatic carbocycles. The van der Waals surface area contributed by atoms with Crippen LogP contribution >= 0.6 is 0 Å². The summed E-state index contributed by atoms with van der Waals surface area (Å²) in [5.74, 6) is 0.505. The molecule has 2 N–H and O–H groups in total. The highest BCUT2D eigenvalue weighted by atomic mass is 16.5. The van der Waals surface area contributed by atoms with Crippen LogP contribution in [-0.4, -0.2) is 38.7 Å². The Kier molecular flexibility index (Phi) is 4.13. The van der Waals surface area contributed by atoms with Gasteiger partial charge in [-0.1, -0.05) is 24.3 Å². The lowest BCUT2D eigenvalue weighted by Gasteiger charge is -2.24. The minimum Gasteiger partial charge on any atom is -0.465 e. The van der Waals surface area contributed by atoms with Crippen LogP contribution < -0.4 is 5.32 Å².